The molecule has 0 unspecified atom stereocenters. The highest BCUT2D eigenvalue weighted by Gasteiger charge is 2.05. The molecular weight excluding hydrogens is 328 g/mol. The molecule has 140 valence electrons. The van der Waals surface area contributed by atoms with Crippen LogP contribution in [-0.2, 0) is 12.8 Å². The minimum atomic E-state index is 0.414. The summed E-state index contributed by atoms with van der Waals surface area (Å²) in [4.78, 5) is 0. The van der Waals surface area contributed by atoms with E-state index in [4.69, 9.17) is 0 Å². The third kappa shape index (κ3) is 5.01. The van der Waals surface area contributed by atoms with E-state index in [1.165, 1.54) is 52.6 Å². The van der Waals surface area contributed by atoms with Gasteiger partial charge in [-0.05, 0) is 91.5 Å². The van der Waals surface area contributed by atoms with Crippen molar-refractivity contribution in [3.8, 4) is 16.9 Å². The minimum Gasteiger partial charge on any atom is -0.508 e. The Bertz CT molecular complexity index is 908. The summed E-state index contributed by atoms with van der Waals surface area (Å²) in [5.74, 6) is 0.414. The second-order valence-corrected chi connectivity index (χ2v) is 7.64. The first-order valence-electron chi connectivity index (χ1n) is 9.98. The van der Waals surface area contributed by atoms with Gasteiger partial charge in [0.2, 0.25) is 0 Å². The van der Waals surface area contributed by atoms with Gasteiger partial charge >= 0.3 is 0 Å². The molecule has 1 nitrogen and oxygen atoms in total. The van der Waals surface area contributed by atoms with Gasteiger partial charge in [-0.25, -0.2) is 0 Å². The van der Waals surface area contributed by atoms with Crippen molar-refractivity contribution in [1.29, 1.82) is 0 Å². The van der Waals surface area contributed by atoms with Crippen LogP contribution in [0.15, 0.2) is 60.7 Å². The lowest BCUT2D eigenvalue weighted by molar-refractivity contribution is 0.470. The van der Waals surface area contributed by atoms with Gasteiger partial charge in [0.15, 0.2) is 0 Å². The molecule has 0 radical (unpaired) electrons. The molecular formula is C26H30O. The van der Waals surface area contributed by atoms with Crippen LogP contribution >= 0.6 is 0 Å². The molecule has 0 aromatic heterocycles. The first-order valence-corrected chi connectivity index (χ1v) is 9.98. The van der Waals surface area contributed by atoms with Crippen LogP contribution in [0.3, 0.4) is 0 Å². The van der Waals surface area contributed by atoms with Crippen LogP contribution in [0.5, 0.6) is 5.75 Å². The molecule has 0 heterocycles. The molecule has 1 N–H and O–H groups in total. The van der Waals surface area contributed by atoms with Gasteiger partial charge in [0.25, 0.3) is 0 Å². The van der Waals surface area contributed by atoms with Crippen LogP contribution in [0.1, 0.15) is 47.1 Å². The largest absolute Gasteiger partial charge is 0.508 e. The topological polar surface area (TPSA) is 20.2 Å². The fourth-order valence-electron chi connectivity index (χ4n) is 3.67. The van der Waals surface area contributed by atoms with Crippen LogP contribution in [0, 0.1) is 20.8 Å². The van der Waals surface area contributed by atoms with Crippen LogP contribution < -0.4 is 0 Å². The molecule has 0 amide bonds. The number of unbranched alkanes of at least 4 members (excludes halogenated alkanes) is 2. The third-order valence-corrected chi connectivity index (χ3v) is 5.48. The zero-order chi connectivity index (χ0) is 19.2. The third-order valence-electron chi connectivity index (χ3n) is 5.48. The maximum atomic E-state index is 9.80. The Morgan fingerprint density at radius 1 is 0.667 bits per heavy atom. The predicted molar refractivity (Wildman–Crippen MR) is 115 cm³/mol. The molecule has 1 heteroatoms. The molecule has 3 rings (SSSR count). The average molecular weight is 359 g/mol. The second-order valence-electron chi connectivity index (χ2n) is 7.64. The van der Waals surface area contributed by atoms with Crippen LogP contribution in [0.2, 0.25) is 0 Å². The Hall–Kier alpha value is -2.54. The van der Waals surface area contributed by atoms with Gasteiger partial charge in [0.1, 0.15) is 5.75 Å². The summed E-state index contributed by atoms with van der Waals surface area (Å²) in [6.07, 6.45) is 5.77. The summed E-state index contributed by atoms with van der Waals surface area (Å²) in [6, 6.07) is 21.5. The number of aromatic hydroxyl groups is 1. The summed E-state index contributed by atoms with van der Waals surface area (Å²) in [5, 5.41) is 9.80. The quantitative estimate of drug-likeness (QED) is 0.454. The van der Waals surface area contributed by atoms with Gasteiger partial charge in [-0.2, -0.15) is 0 Å². The fourth-order valence-corrected chi connectivity index (χ4v) is 3.67. The SMILES string of the molecule is Cc1ccc(CCCCCc2ccc(-c3ccccc3C)cc2C)cc1O. The Labute approximate surface area is 163 Å². The number of hydrogen-bond acceptors (Lipinski definition) is 1. The van der Waals surface area contributed by atoms with Gasteiger partial charge in [0, 0.05) is 0 Å². The van der Waals surface area contributed by atoms with E-state index in [1.807, 2.05) is 19.1 Å². The zero-order valence-electron chi connectivity index (χ0n) is 16.8. The molecule has 0 bridgehead atoms. The van der Waals surface area contributed by atoms with Crippen molar-refractivity contribution in [1.82, 2.24) is 0 Å². The zero-order valence-corrected chi connectivity index (χ0v) is 16.8. The summed E-state index contributed by atoms with van der Waals surface area (Å²) >= 11 is 0. The molecule has 3 aromatic carbocycles. The standard InChI is InChI=1S/C26H30O/c1-19-9-7-8-12-25(19)24-16-15-23(21(3)17-24)11-6-4-5-10-22-14-13-20(2)26(27)18-22/h7-9,12-18,27H,4-6,10-11H2,1-3H3. The minimum absolute atomic E-state index is 0.414. The Morgan fingerprint density at radius 2 is 1.44 bits per heavy atom. The highest BCUT2D eigenvalue weighted by Crippen LogP contribution is 2.26. The van der Waals surface area contributed by atoms with E-state index < -0.39 is 0 Å². The van der Waals surface area contributed by atoms with E-state index >= 15 is 0 Å². The number of benzene rings is 3. The normalized spacial score (nSPS) is 10.9. The van der Waals surface area contributed by atoms with Crippen LogP contribution in [0.25, 0.3) is 11.1 Å². The smallest absolute Gasteiger partial charge is 0.118 e. The molecule has 27 heavy (non-hydrogen) atoms. The van der Waals surface area contributed by atoms with Crippen molar-refractivity contribution in [3.05, 3.63) is 88.5 Å². The molecule has 0 saturated carbocycles. The van der Waals surface area contributed by atoms with E-state index in [0.717, 1.165) is 18.4 Å². The van der Waals surface area contributed by atoms with Crippen LogP contribution in [0.4, 0.5) is 0 Å². The lowest BCUT2D eigenvalue weighted by Gasteiger charge is -2.11. The highest BCUT2D eigenvalue weighted by atomic mass is 16.3. The highest BCUT2D eigenvalue weighted by molar-refractivity contribution is 5.68. The Morgan fingerprint density at radius 3 is 2.19 bits per heavy atom. The molecule has 0 aliphatic rings. The van der Waals surface area contributed by atoms with E-state index in [2.05, 4.69) is 62.4 Å². The van der Waals surface area contributed by atoms with E-state index in [9.17, 15) is 5.11 Å². The monoisotopic (exact) mass is 358 g/mol. The lowest BCUT2D eigenvalue weighted by Crippen LogP contribution is -1.93. The van der Waals surface area contributed by atoms with Crippen molar-refractivity contribution < 1.29 is 5.11 Å². The molecule has 0 spiro atoms. The summed E-state index contributed by atoms with van der Waals surface area (Å²) in [7, 11) is 0. The molecule has 0 aliphatic heterocycles. The van der Waals surface area contributed by atoms with Gasteiger partial charge in [-0.1, -0.05) is 61.0 Å². The predicted octanol–water partition coefficient (Wildman–Crippen LogP) is 6.94. The molecule has 0 atom stereocenters. The average Bonchev–Trinajstić information content (AvgIpc) is 2.66. The summed E-state index contributed by atoms with van der Waals surface area (Å²) < 4.78 is 0. The van der Waals surface area contributed by atoms with E-state index in [0.29, 0.717) is 5.75 Å². The number of rotatable bonds is 7. The van der Waals surface area contributed by atoms with Crippen molar-refractivity contribution in [2.24, 2.45) is 0 Å². The maximum Gasteiger partial charge on any atom is 0.118 e. The maximum absolute atomic E-state index is 9.80. The fraction of sp³-hybridized carbons (Fsp3) is 0.308. The van der Waals surface area contributed by atoms with E-state index in [1.54, 1.807) is 0 Å². The van der Waals surface area contributed by atoms with Crippen molar-refractivity contribution in [2.75, 3.05) is 0 Å². The molecule has 3 aromatic rings. The first-order chi connectivity index (χ1) is 13.0. The number of aryl methyl sites for hydroxylation is 5. The lowest BCUT2D eigenvalue weighted by atomic mass is 9.94. The van der Waals surface area contributed by atoms with Gasteiger partial charge < -0.3 is 5.11 Å². The summed E-state index contributed by atoms with van der Waals surface area (Å²) in [5.41, 5.74) is 8.99. The number of hydrogen-bond donors (Lipinski definition) is 1. The summed E-state index contributed by atoms with van der Waals surface area (Å²) in [6.45, 7) is 6.34. The number of phenolic OH excluding ortho intramolecular Hbond substituents is 1. The van der Waals surface area contributed by atoms with Gasteiger partial charge in [0.05, 0.1) is 0 Å². The van der Waals surface area contributed by atoms with Crippen molar-refractivity contribution in [2.45, 2.75) is 52.9 Å². The molecule has 0 fully saturated rings. The van der Waals surface area contributed by atoms with Crippen molar-refractivity contribution in [3.63, 3.8) is 0 Å². The van der Waals surface area contributed by atoms with E-state index in [-0.39, 0.29) is 0 Å². The second kappa shape index (κ2) is 8.90. The first kappa shape index (κ1) is 19.2. The van der Waals surface area contributed by atoms with Crippen molar-refractivity contribution >= 4 is 0 Å². The van der Waals surface area contributed by atoms with Gasteiger partial charge in [-0.3, -0.25) is 0 Å². The molecule has 0 aliphatic carbocycles. The van der Waals surface area contributed by atoms with Crippen LogP contribution in [-0.4, -0.2) is 5.11 Å². The molecule has 0 saturated heterocycles. The number of phenols is 1. The van der Waals surface area contributed by atoms with Gasteiger partial charge in [-0.15, -0.1) is 0 Å². The Kier molecular flexibility index (Phi) is 6.34. The Balaban J connectivity index is 1.51.